The molecule has 88 valence electrons. The van der Waals surface area contributed by atoms with E-state index >= 15 is 0 Å². The number of hydrogen-bond acceptors (Lipinski definition) is 3. The zero-order valence-electron chi connectivity index (χ0n) is 8.90. The number of nitrogens with zero attached hydrogens (tertiary/aromatic N) is 3. The zero-order valence-corrected chi connectivity index (χ0v) is 8.90. The normalized spacial score (nSPS) is 18.6. The van der Waals surface area contributed by atoms with E-state index in [-0.39, 0.29) is 5.56 Å². The first-order chi connectivity index (χ1) is 8.27. The van der Waals surface area contributed by atoms with Gasteiger partial charge in [-0.05, 0) is 18.6 Å². The predicted molar refractivity (Wildman–Crippen MR) is 57.6 cm³/mol. The van der Waals surface area contributed by atoms with E-state index < -0.39 is 17.7 Å². The fourth-order valence-corrected chi connectivity index (χ4v) is 2.14. The van der Waals surface area contributed by atoms with Crippen LogP contribution in [0.25, 0.3) is 0 Å². The average molecular weight is 236 g/mol. The molecular formula is C11H10F2N4. The third kappa shape index (κ3) is 1.56. The molecule has 2 aromatic rings. The molecule has 0 bridgehead atoms. The average Bonchev–Trinajstić information content (AvgIpc) is 2.77. The molecule has 1 aromatic heterocycles. The number of halogens is 2. The molecule has 3 rings (SSSR count). The molecule has 1 N–H and O–H groups in total. The number of rotatable bonds is 1. The Morgan fingerprint density at radius 3 is 2.82 bits per heavy atom. The van der Waals surface area contributed by atoms with Gasteiger partial charge < -0.3 is 5.32 Å². The van der Waals surface area contributed by atoms with Gasteiger partial charge in [0.2, 0.25) is 5.95 Å². The summed E-state index contributed by atoms with van der Waals surface area (Å²) in [5.41, 5.74) is 0.0563. The van der Waals surface area contributed by atoms with Gasteiger partial charge in [0.1, 0.15) is 18.0 Å². The minimum absolute atomic E-state index is 0.0563. The predicted octanol–water partition coefficient (Wildman–Crippen LogP) is 1.96. The number of benzene rings is 1. The molecule has 4 nitrogen and oxygen atoms in total. The molecule has 1 aliphatic heterocycles. The van der Waals surface area contributed by atoms with E-state index in [2.05, 4.69) is 15.4 Å². The van der Waals surface area contributed by atoms with Gasteiger partial charge in [-0.3, -0.25) is 0 Å². The number of aromatic nitrogens is 3. The second-order valence-corrected chi connectivity index (χ2v) is 3.89. The van der Waals surface area contributed by atoms with Gasteiger partial charge in [-0.15, -0.1) is 0 Å². The van der Waals surface area contributed by atoms with Crippen molar-refractivity contribution in [2.24, 2.45) is 0 Å². The van der Waals surface area contributed by atoms with Crippen LogP contribution in [0.4, 0.5) is 14.7 Å². The van der Waals surface area contributed by atoms with E-state index in [0.29, 0.717) is 18.9 Å². The third-order valence-corrected chi connectivity index (χ3v) is 2.90. The molecule has 17 heavy (non-hydrogen) atoms. The maximum atomic E-state index is 13.7. The first-order valence-electron chi connectivity index (χ1n) is 5.34. The fourth-order valence-electron chi connectivity index (χ4n) is 2.14. The Hall–Kier alpha value is -1.98. The van der Waals surface area contributed by atoms with Crippen LogP contribution in [0.2, 0.25) is 0 Å². The first-order valence-corrected chi connectivity index (χ1v) is 5.34. The van der Waals surface area contributed by atoms with Gasteiger partial charge in [-0.1, -0.05) is 6.07 Å². The first kappa shape index (κ1) is 10.2. The molecule has 0 saturated heterocycles. The Morgan fingerprint density at radius 1 is 1.29 bits per heavy atom. The quantitative estimate of drug-likeness (QED) is 0.823. The lowest BCUT2D eigenvalue weighted by atomic mass is 10.0. The Balaban J connectivity index is 2.13. The summed E-state index contributed by atoms with van der Waals surface area (Å²) < 4.78 is 28.9. The molecule has 0 amide bonds. The highest BCUT2D eigenvalue weighted by molar-refractivity contribution is 5.32. The lowest BCUT2D eigenvalue weighted by Gasteiger charge is -2.25. The second-order valence-electron chi connectivity index (χ2n) is 3.89. The minimum Gasteiger partial charge on any atom is -0.354 e. The molecule has 0 radical (unpaired) electrons. The molecule has 2 heterocycles. The van der Waals surface area contributed by atoms with E-state index in [1.165, 1.54) is 29.2 Å². The number of nitrogens with one attached hydrogen (secondary N) is 1. The maximum Gasteiger partial charge on any atom is 0.221 e. The summed E-state index contributed by atoms with van der Waals surface area (Å²) in [6.45, 7) is 0.622. The van der Waals surface area contributed by atoms with Crippen molar-refractivity contribution < 1.29 is 8.78 Å². The lowest BCUT2D eigenvalue weighted by Crippen LogP contribution is -2.26. The molecule has 0 aliphatic carbocycles. The Bertz CT molecular complexity index is 532. The number of anilines is 1. The minimum atomic E-state index is -0.543. The van der Waals surface area contributed by atoms with Crippen molar-refractivity contribution in [2.45, 2.75) is 12.5 Å². The molecule has 0 spiro atoms. The molecule has 0 fully saturated rings. The monoisotopic (exact) mass is 236 g/mol. The summed E-state index contributed by atoms with van der Waals surface area (Å²) in [5, 5.41) is 7.03. The van der Waals surface area contributed by atoms with Crippen LogP contribution in [0.1, 0.15) is 18.0 Å². The van der Waals surface area contributed by atoms with Gasteiger partial charge in [0.05, 0.1) is 6.04 Å². The van der Waals surface area contributed by atoms with Crippen molar-refractivity contribution in [1.29, 1.82) is 0 Å². The van der Waals surface area contributed by atoms with Gasteiger partial charge >= 0.3 is 0 Å². The molecular weight excluding hydrogens is 226 g/mol. The number of hydrogen-bond donors (Lipinski definition) is 1. The topological polar surface area (TPSA) is 42.7 Å². The second kappa shape index (κ2) is 3.80. The molecule has 0 saturated carbocycles. The van der Waals surface area contributed by atoms with E-state index in [4.69, 9.17) is 0 Å². The van der Waals surface area contributed by atoms with Crippen molar-refractivity contribution >= 4 is 5.95 Å². The van der Waals surface area contributed by atoms with Crippen LogP contribution in [-0.2, 0) is 0 Å². The van der Waals surface area contributed by atoms with E-state index in [0.717, 1.165) is 0 Å². The van der Waals surface area contributed by atoms with Crippen molar-refractivity contribution in [3.63, 3.8) is 0 Å². The summed E-state index contributed by atoms with van der Waals surface area (Å²) in [5.74, 6) is -0.541. The van der Waals surface area contributed by atoms with Crippen molar-refractivity contribution in [2.75, 3.05) is 11.9 Å². The van der Waals surface area contributed by atoms with Crippen LogP contribution < -0.4 is 5.32 Å². The van der Waals surface area contributed by atoms with Crippen molar-refractivity contribution in [3.05, 3.63) is 41.7 Å². The molecule has 1 aromatic carbocycles. The van der Waals surface area contributed by atoms with Gasteiger partial charge in [0.15, 0.2) is 0 Å². The lowest BCUT2D eigenvalue weighted by molar-refractivity contribution is 0.432. The summed E-state index contributed by atoms with van der Waals surface area (Å²) in [4.78, 5) is 3.99. The maximum absolute atomic E-state index is 13.7. The highest BCUT2D eigenvalue weighted by Gasteiger charge is 2.27. The van der Waals surface area contributed by atoms with Crippen molar-refractivity contribution in [3.8, 4) is 0 Å². The molecule has 1 aliphatic rings. The highest BCUT2D eigenvalue weighted by atomic mass is 19.1. The molecule has 1 unspecified atom stereocenters. The smallest absolute Gasteiger partial charge is 0.221 e. The zero-order chi connectivity index (χ0) is 11.8. The van der Waals surface area contributed by atoms with Gasteiger partial charge in [0.25, 0.3) is 0 Å². The Kier molecular flexibility index (Phi) is 2.28. The van der Waals surface area contributed by atoms with Gasteiger partial charge in [-0.25, -0.2) is 13.5 Å². The largest absolute Gasteiger partial charge is 0.354 e. The van der Waals surface area contributed by atoms with Crippen LogP contribution in [-0.4, -0.2) is 21.3 Å². The Labute approximate surface area is 96.3 Å². The number of fused-ring (bicyclic) bond motifs is 1. The third-order valence-electron chi connectivity index (χ3n) is 2.90. The van der Waals surface area contributed by atoms with Gasteiger partial charge in [-0.2, -0.15) is 10.1 Å². The summed E-state index contributed by atoms with van der Waals surface area (Å²) in [6.07, 6.45) is 1.95. The summed E-state index contributed by atoms with van der Waals surface area (Å²) in [7, 11) is 0. The van der Waals surface area contributed by atoms with E-state index in [1.807, 2.05) is 0 Å². The van der Waals surface area contributed by atoms with Crippen LogP contribution in [0.5, 0.6) is 0 Å². The molecule has 1 atom stereocenters. The highest BCUT2D eigenvalue weighted by Crippen LogP contribution is 2.30. The summed E-state index contributed by atoms with van der Waals surface area (Å²) in [6, 6.07) is 3.45. The Morgan fingerprint density at radius 2 is 2.06 bits per heavy atom. The SMILES string of the molecule is Fc1cccc(F)c1C1CCNc2ncnn21. The fraction of sp³-hybridized carbons (Fsp3) is 0.273. The van der Waals surface area contributed by atoms with Gasteiger partial charge in [0, 0.05) is 12.1 Å². The van der Waals surface area contributed by atoms with E-state index in [1.54, 1.807) is 0 Å². The standard InChI is InChI=1S/C11H10F2N4/c12-7-2-1-3-8(13)10(7)9-4-5-14-11-15-6-16-17(9)11/h1-3,6,9H,4-5H2,(H,14,15,16). The van der Waals surface area contributed by atoms with Crippen LogP contribution in [0, 0.1) is 11.6 Å². The van der Waals surface area contributed by atoms with Crippen LogP contribution >= 0.6 is 0 Å². The summed E-state index contributed by atoms with van der Waals surface area (Å²) >= 11 is 0. The van der Waals surface area contributed by atoms with E-state index in [9.17, 15) is 8.78 Å². The molecule has 6 heteroatoms. The van der Waals surface area contributed by atoms with Crippen LogP contribution in [0.3, 0.4) is 0 Å². The van der Waals surface area contributed by atoms with Crippen molar-refractivity contribution in [1.82, 2.24) is 14.8 Å². The van der Waals surface area contributed by atoms with Crippen LogP contribution in [0.15, 0.2) is 24.5 Å².